The maximum Gasteiger partial charge on any atom is 0.401 e. The van der Waals surface area contributed by atoms with Crippen LogP contribution in [0.15, 0.2) is 16.8 Å². The van der Waals surface area contributed by atoms with Crippen LogP contribution in [-0.2, 0) is 0 Å². The molecule has 2 N–H and O–H groups in total. The summed E-state index contributed by atoms with van der Waals surface area (Å²) < 4.78 is 37.3. The van der Waals surface area contributed by atoms with Crippen molar-refractivity contribution in [2.24, 2.45) is 5.73 Å². The van der Waals surface area contributed by atoms with Crippen molar-refractivity contribution in [3.05, 3.63) is 22.4 Å². The van der Waals surface area contributed by atoms with Gasteiger partial charge in [-0.15, -0.1) is 0 Å². The molecule has 1 aromatic heterocycles. The molecule has 2 unspecified atom stereocenters. The van der Waals surface area contributed by atoms with Crippen LogP contribution in [0.25, 0.3) is 0 Å². The topological polar surface area (TPSA) is 32.5 Å². The Morgan fingerprint density at radius 1 is 1.29 bits per heavy atom. The summed E-state index contributed by atoms with van der Waals surface area (Å²) in [6.45, 7) is 3.37. The van der Waals surface area contributed by atoms with E-state index in [1.807, 2.05) is 12.3 Å². The van der Waals surface area contributed by atoms with Crippen LogP contribution in [0.5, 0.6) is 0 Å². The molecule has 2 heterocycles. The molecular weight excluding hydrogens is 299 g/mol. The summed E-state index contributed by atoms with van der Waals surface area (Å²) in [7, 11) is 0. The van der Waals surface area contributed by atoms with Crippen LogP contribution in [0, 0.1) is 0 Å². The molecule has 21 heavy (non-hydrogen) atoms. The van der Waals surface area contributed by atoms with E-state index in [9.17, 15) is 13.2 Å². The second-order valence-electron chi connectivity index (χ2n) is 5.50. The van der Waals surface area contributed by atoms with Crippen LogP contribution in [0.1, 0.15) is 24.9 Å². The third-order valence-corrected chi connectivity index (χ3v) is 4.67. The number of hydrogen-bond donors (Lipinski definition) is 1. The zero-order valence-electron chi connectivity index (χ0n) is 12.1. The number of piperazine rings is 1. The lowest BCUT2D eigenvalue weighted by Gasteiger charge is -2.41. The number of hydrogen-bond acceptors (Lipinski definition) is 4. The summed E-state index contributed by atoms with van der Waals surface area (Å²) in [5.74, 6) is 0. The molecule has 0 saturated carbocycles. The Morgan fingerprint density at radius 2 is 1.95 bits per heavy atom. The van der Waals surface area contributed by atoms with Crippen molar-refractivity contribution < 1.29 is 13.2 Å². The molecule has 0 aromatic carbocycles. The fourth-order valence-electron chi connectivity index (χ4n) is 2.85. The van der Waals surface area contributed by atoms with Gasteiger partial charge in [0.15, 0.2) is 0 Å². The minimum Gasteiger partial charge on any atom is -0.326 e. The summed E-state index contributed by atoms with van der Waals surface area (Å²) in [5.41, 5.74) is 7.42. The molecule has 1 fully saturated rings. The zero-order valence-corrected chi connectivity index (χ0v) is 13.0. The van der Waals surface area contributed by atoms with Gasteiger partial charge in [-0.05, 0) is 28.8 Å². The van der Waals surface area contributed by atoms with Crippen molar-refractivity contribution in [2.45, 2.75) is 31.6 Å². The average Bonchev–Trinajstić information content (AvgIpc) is 2.93. The highest BCUT2D eigenvalue weighted by molar-refractivity contribution is 7.07. The van der Waals surface area contributed by atoms with E-state index in [2.05, 4.69) is 16.3 Å². The fourth-order valence-corrected chi connectivity index (χ4v) is 3.54. The van der Waals surface area contributed by atoms with Crippen LogP contribution in [-0.4, -0.2) is 54.7 Å². The van der Waals surface area contributed by atoms with E-state index in [1.165, 1.54) is 10.5 Å². The Morgan fingerprint density at radius 3 is 2.43 bits per heavy atom. The number of halogens is 3. The summed E-state index contributed by atoms with van der Waals surface area (Å²) >= 11 is 1.63. The molecule has 2 rings (SSSR count). The Hall–Kier alpha value is -0.630. The Labute approximate surface area is 127 Å². The minimum atomic E-state index is -4.12. The Bertz CT molecular complexity index is 414. The minimum absolute atomic E-state index is 0.00812. The highest BCUT2D eigenvalue weighted by atomic mass is 32.1. The van der Waals surface area contributed by atoms with E-state index < -0.39 is 12.7 Å². The average molecular weight is 321 g/mol. The lowest BCUT2D eigenvalue weighted by molar-refractivity contribution is -0.150. The molecule has 0 spiro atoms. The van der Waals surface area contributed by atoms with Crippen LogP contribution in [0.3, 0.4) is 0 Å². The van der Waals surface area contributed by atoms with Gasteiger partial charge in [0, 0.05) is 32.2 Å². The predicted molar refractivity (Wildman–Crippen MR) is 79.4 cm³/mol. The van der Waals surface area contributed by atoms with Gasteiger partial charge in [-0.3, -0.25) is 9.80 Å². The largest absolute Gasteiger partial charge is 0.401 e. The molecule has 3 nitrogen and oxygen atoms in total. The number of thiophene rings is 1. The summed E-state index contributed by atoms with van der Waals surface area (Å²) in [4.78, 5) is 3.70. The number of rotatable bonds is 5. The second-order valence-corrected chi connectivity index (χ2v) is 6.28. The van der Waals surface area contributed by atoms with Crippen LogP contribution in [0.4, 0.5) is 13.2 Å². The van der Waals surface area contributed by atoms with Gasteiger partial charge in [-0.2, -0.15) is 24.5 Å². The van der Waals surface area contributed by atoms with Gasteiger partial charge in [-0.1, -0.05) is 6.92 Å². The lowest BCUT2D eigenvalue weighted by atomic mass is 9.98. The third-order valence-electron chi connectivity index (χ3n) is 3.96. The zero-order chi connectivity index (χ0) is 15.5. The van der Waals surface area contributed by atoms with Crippen molar-refractivity contribution in [2.75, 3.05) is 32.7 Å². The molecule has 7 heteroatoms. The second kappa shape index (κ2) is 7.09. The van der Waals surface area contributed by atoms with Gasteiger partial charge in [0.25, 0.3) is 0 Å². The van der Waals surface area contributed by atoms with Crippen LogP contribution < -0.4 is 5.73 Å². The maximum absolute atomic E-state index is 12.4. The summed E-state index contributed by atoms with van der Waals surface area (Å²) in [6, 6.07) is 2.18. The molecule has 1 aliphatic rings. The lowest BCUT2D eigenvalue weighted by Crippen LogP contribution is -2.52. The first kappa shape index (κ1) is 16.7. The van der Waals surface area contributed by atoms with Crippen LogP contribution in [0.2, 0.25) is 0 Å². The highest BCUT2D eigenvalue weighted by Crippen LogP contribution is 2.28. The normalized spacial score (nSPS) is 21.4. The van der Waals surface area contributed by atoms with E-state index in [1.54, 1.807) is 11.3 Å². The van der Waals surface area contributed by atoms with Gasteiger partial charge in [-0.25, -0.2) is 0 Å². The quantitative estimate of drug-likeness (QED) is 0.905. The summed E-state index contributed by atoms with van der Waals surface area (Å²) in [5, 5.41) is 4.10. The van der Waals surface area contributed by atoms with Gasteiger partial charge < -0.3 is 5.73 Å². The third kappa shape index (κ3) is 4.67. The van der Waals surface area contributed by atoms with Crippen molar-refractivity contribution >= 4 is 11.3 Å². The first-order valence-corrected chi connectivity index (χ1v) is 8.16. The number of nitrogens with zero attached hydrogens (tertiary/aromatic N) is 2. The molecule has 1 saturated heterocycles. The highest BCUT2D eigenvalue weighted by Gasteiger charge is 2.34. The molecule has 2 atom stereocenters. The molecule has 1 aliphatic heterocycles. The SMILES string of the molecule is CCC(N)C(c1ccsc1)N1CCN(CC(F)(F)F)CC1. The molecule has 0 radical (unpaired) electrons. The molecule has 0 amide bonds. The first-order chi connectivity index (χ1) is 9.90. The van der Waals surface area contributed by atoms with Gasteiger partial charge >= 0.3 is 6.18 Å². The van der Waals surface area contributed by atoms with E-state index in [-0.39, 0.29) is 12.1 Å². The molecule has 1 aromatic rings. The standard InChI is InChI=1S/C14H22F3N3S/c1-2-12(18)13(11-3-8-21-9-11)20-6-4-19(5-7-20)10-14(15,16)17/h3,8-9,12-13H,2,4-7,10,18H2,1H3. The first-order valence-electron chi connectivity index (χ1n) is 7.21. The van der Waals surface area contributed by atoms with Gasteiger partial charge in [0.1, 0.15) is 0 Å². The van der Waals surface area contributed by atoms with Gasteiger partial charge in [0.05, 0.1) is 12.6 Å². The fraction of sp³-hybridized carbons (Fsp3) is 0.714. The van der Waals surface area contributed by atoms with Crippen LogP contribution >= 0.6 is 11.3 Å². The summed E-state index contributed by atoms with van der Waals surface area (Å²) in [6.07, 6.45) is -3.27. The molecular formula is C14H22F3N3S. The van der Waals surface area contributed by atoms with Crippen molar-refractivity contribution in [1.82, 2.24) is 9.80 Å². The number of alkyl halides is 3. The van der Waals surface area contributed by atoms with E-state index >= 15 is 0 Å². The van der Waals surface area contributed by atoms with Gasteiger partial charge in [0.2, 0.25) is 0 Å². The predicted octanol–water partition coefficient (Wildman–Crippen LogP) is 2.71. The Balaban J connectivity index is 1.98. The monoisotopic (exact) mass is 321 g/mol. The maximum atomic E-state index is 12.4. The van der Waals surface area contributed by atoms with Crippen molar-refractivity contribution in [3.8, 4) is 0 Å². The number of nitrogens with two attached hydrogens (primary N) is 1. The molecule has 0 bridgehead atoms. The van der Waals surface area contributed by atoms with E-state index in [0.29, 0.717) is 26.2 Å². The van der Waals surface area contributed by atoms with Crippen molar-refractivity contribution in [1.29, 1.82) is 0 Å². The van der Waals surface area contributed by atoms with E-state index in [4.69, 9.17) is 5.73 Å². The smallest absolute Gasteiger partial charge is 0.326 e. The Kier molecular flexibility index (Phi) is 5.65. The molecule has 120 valence electrons. The van der Waals surface area contributed by atoms with Crippen molar-refractivity contribution in [3.63, 3.8) is 0 Å². The van der Waals surface area contributed by atoms with E-state index in [0.717, 1.165) is 6.42 Å². The molecule has 0 aliphatic carbocycles.